The Labute approximate surface area is 221 Å². The number of benzene rings is 1. The van der Waals surface area contributed by atoms with Crippen molar-refractivity contribution in [3.05, 3.63) is 89.8 Å². The Morgan fingerprint density at radius 3 is 2.56 bits per heavy atom. The Morgan fingerprint density at radius 1 is 1.13 bits per heavy atom. The largest absolute Gasteiger partial charge is 0.377 e. The average molecular weight is 529 g/mol. The fourth-order valence-electron chi connectivity index (χ4n) is 5.39. The summed E-state index contributed by atoms with van der Waals surface area (Å²) in [6.45, 7) is 2.37. The lowest BCUT2D eigenvalue weighted by Gasteiger charge is -2.40. The van der Waals surface area contributed by atoms with Crippen LogP contribution in [0.25, 0.3) is 16.7 Å². The van der Waals surface area contributed by atoms with Crippen LogP contribution in [0.15, 0.2) is 61.3 Å². The van der Waals surface area contributed by atoms with E-state index in [1.165, 1.54) is 28.2 Å². The molecule has 1 atom stereocenters. The number of fused-ring (bicyclic) bond motifs is 1. The van der Waals surface area contributed by atoms with E-state index in [0.717, 1.165) is 11.9 Å². The number of rotatable bonds is 6. The molecule has 3 N–H and O–H groups in total. The SMILES string of the molecule is Cc1cnc(C(O)(c2ccccc2)C2CCN(C(=O)C(=O)c3c[nH]c4c(-n5ccnn5)ncc(F)c34)CC2)[nH]1. The van der Waals surface area contributed by atoms with Gasteiger partial charge in [-0.05, 0) is 25.3 Å². The van der Waals surface area contributed by atoms with Crippen molar-refractivity contribution in [1.29, 1.82) is 0 Å². The van der Waals surface area contributed by atoms with Crippen LogP contribution in [0.3, 0.4) is 0 Å². The molecule has 1 fully saturated rings. The van der Waals surface area contributed by atoms with E-state index in [-0.39, 0.29) is 41.3 Å². The van der Waals surface area contributed by atoms with Gasteiger partial charge in [-0.2, -0.15) is 0 Å². The standard InChI is InChI=1S/C27H25FN8O3/c1-16-13-31-26(33-16)27(39,17-5-3-2-4-6-17)18-7-10-35(11-8-18)25(38)23(37)19-14-29-22-21(19)20(28)15-30-24(22)36-12-9-32-34-36/h2-6,9,12-15,18,29,39H,7-8,10-11H2,1H3,(H,31,33). The normalized spacial score (nSPS) is 15.9. The first-order valence-electron chi connectivity index (χ1n) is 12.5. The number of hydrogen-bond donors (Lipinski definition) is 3. The van der Waals surface area contributed by atoms with Gasteiger partial charge in [-0.1, -0.05) is 35.5 Å². The van der Waals surface area contributed by atoms with Crippen LogP contribution in [0.5, 0.6) is 0 Å². The quantitative estimate of drug-likeness (QED) is 0.227. The van der Waals surface area contributed by atoms with Gasteiger partial charge in [0.15, 0.2) is 11.6 Å². The minimum absolute atomic E-state index is 0.0321. The summed E-state index contributed by atoms with van der Waals surface area (Å²) in [6.07, 6.45) is 7.84. The summed E-state index contributed by atoms with van der Waals surface area (Å²) >= 11 is 0. The van der Waals surface area contributed by atoms with Crippen molar-refractivity contribution in [2.24, 2.45) is 5.92 Å². The number of pyridine rings is 1. The zero-order valence-electron chi connectivity index (χ0n) is 21.0. The molecule has 12 heteroatoms. The highest BCUT2D eigenvalue weighted by Gasteiger charge is 2.45. The number of H-pyrrole nitrogens is 2. The van der Waals surface area contributed by atoms with Gasteiger partial charge in [0.25, 0.3) is 11.7 Å². The number of imidazole rings is 1. The number of halogens is 1. The second-order valence-corrected chi connectivity index (χ2v) is 9.67. The molecule has 0 aliphatic carbocycles. The van der Waals surface area contributed by atoms with E-state index in [2.05, 4.69) is 30.2 Å². The molecule has 39 heavy (non-hydrogen) atoms. The third-order valence-corrected chi connectivity index (χ3v) is 7.37. The number of aromatic nitrogens is 7. The molecule has 11 nitrogen and oxygen atoms in total. The minimum Gasteiger partial charge on any atom is -0.377 e. The molecule has 0 spiro atoms. The second-order valence-electron chi connectivity index (χ2n) is 9.67. The van der Waals surface area contributed by atoms with Crippen LogP contribution < -0.4 is 0 Å². The Bertz CT molecular complexity index is 1660. The number of aromatic amines is 2. The number of nitrogens with one attached hydrogen (secondary N) is 2. The van der Waals surface area contributed by atoms with Crippen molar-refractivity contribution in [2.75, 3.05) is 13.1 Å². The molecule has 1 saturated heterocycles. The molecular formula is C27H25FN8O3. The zero-order valence-corrected chi connectivity index (χ0v) is 21.0. The van der Waals surface area contributed by atoms with Crippen LogP contribution in [-0.2, 0) is 10.4 Å². The molecule has 1 aliphatic rings. The highest BCUT2D eigenvalue weighted by Crippen LogP contribution is 2.41. The maximum Gasteiger partial charge on any atom is 0.295 e. The molecule has 0 radical (unpaired) electrons. The Hall–Kier alpha value is -4.71. The summed E-state index contributed by atoms with van der Waals surface area (Å²) in [6, 6.07) is 9.30. The number of carbonyl (C=O) groups excluding carboxylic acids is 2. The summed E-state index contributed by atoms with van der Waals surface area (Å²) in [5.74, 6) is -1.85. The second kappa shape index (κ2) is 9.55. The lowest BCUT2D eigenvalue weighted by atomic mass is 9.75. The minimum atomic E-state index is -1.39. The molecule has 6 rings (SSSR count). The first kappa shape index (κ1) is 24.6. The molecule has 4 aromatic heterocycles. The first-order valence-corrected chi connectivity index (χ1v) is 12.5. The molecule has 1 unspecified atom stereocenters. The fraction of sp³-hybridized carbons (Fsp3) is 0.259. The molecule has 5 heterocycles. The van der Waals surface area contributed by atoms with E-state index >= 15 is 0 Å². The van der Waals surface area contributed by atoms with Gasteiger partial charge in [0.2, 0.25) is 0 Å². The molecule has 1 aromatic carbocycles. The van der Waals surface area contributed by atoms with Gasteiger partial charge >= 0.3 is 0 Å². The van der Waals surface area contributed by atoms with Gasteiger partial charge < -0.3 is 20.0 Å². The maximum absolute atomic E-state index is 14.8. The van der Waals surface area contributed by atoms with E-state index in [0.29, 0.717) is 24.2 Å². The van der Waals surface area contributed by atoms with E-state index in [9.17, 15) is 19.1 Å². The predicted octanol–water partition coefficient (Wildman–Crippen LogP) is 2.67. The van der Waals surface area contributed by atoms with Crippen molar-refractivity contribution in [3.63, 3.8) is 0 Å². The van der Waals surface area contributed by atoms with Crippen molar-refractivity contribution in [2.45, 2.75) is 25.4 Å². The summed E-state index contributed by atoms with van der Waals surface area (Å²) < 4.78 is 16.2. The third-order valence-electron chi connectivity index (χ3n) is 7.37. The van der Waals surface area contributed by atoms with Crippen molar-refractivity contribution in [1.82, 2.24) is 39.8 Å². The Balaban J connectivity index is 1.24. The van der Waals surface area contributed by atoms with E-state index in [1.807, 2.05) is 37.3 Å². The van der Waals surface area contributed by atoms with Crippen LogP contribution in [0.1, 0.15) is 40.3 Å². The number of ketones is 1. The van der Waals surface area contributed by atoms with E-state index in [1.54, 1.807) is 6.20 Å². The first-order chi connectivity index (χ1) is 18.9. The number of likely N-dealkylation sites (tertiary alicyclic amines) is 1. The van der Waals surface area contributed by atoms with Gasteiger partial charge in [0.05, 0.1) is 35.1 Å². The maximum atomic E-state index is 14.8. The fourth-order valence-corrected chi connectivity index (χ4v) is 5.39. The molecular weight excluding hydrogens is 503 g/mol. The zero-order chi connectivity index (χ0) is 27.1. The van der Waals surface area contributed by atoms with Crippen LogP contribution in [0, 0.1) is 18.7 Å². The number of Topliss-reactive ketones (excluding diaryl/α,β-unsaturated/α-hetero) is 1. The van der Waals surface area contributed by atoms with Crippen molar-refractivity contribution < 1.29 is 19.1 Å². The monoisotopic (exact) mass is 528 g/mol. The summed E-state index contributed by atoms with van der Waals surface area (Å²) in [5.41, 5.74) is 0.290. The number of amides is 1. The van der Waals surface area contributed by atoms with Gasteiger partial charge in [-0.25, -0.2) is 19.0 Å². The van der Waals surface area contributed by atoms with Crippen molar-refractivity contribution >= 4 is 22.6 Å². The highest BCUT2D eigenvalue weighted by molar-refractivity contribution is 6.45. The number of piperidine rings is 1. The number of aliphatic hydroxyl groups is 1. The highest BCUT2D eigenvalue weighted by atomic mass is 19.1. The lowest BCUT2D eigenvalue weighted by Crippen LogP contribution is -2.48. The van der Waals surface area contributed by atoms with E-state index < -0.39 is 23.1 Å². The Morgan fingerprint density at radius 2 is 1.90 bits per heavy atom. The average Bonchev–Trinajstić information content (AvgIpc) is 3.75. The molecule has 1 amide bonds. The van der Waals surface area contributed by atoms with Crippen LogP contribution >= 0.6 is 0 Å². The number of aryl methyl sites for hydroxylation is 1. The number of hydrogen-bond acceptors (Lipinski definition) is 7. The topological polar surface area (TPSA) is 146 Å². The van der Waals surface area contributed by atoms with Gasteiger partial charge in [-0.3, -0.25) is 9.59 Å². The van der Waals surface area contributed by atoms with Gasteiger partial charge in [0.1, 0.15) is 11.4 Å². The molecule has 198 valence electrons. The van der Waals surface area contributed by atoms with E-state index in [4.69, 9.17) is 0 Å². The smallest absolute Gasteiger partial charge is 0.295 e. The van der Waals surface area contributed by atoms with Crippen molar-refractivity contribution in [3.8, 4) is 5.82 Å². The van der Waals surface area contributed by atoms with Gasteiger partial charge in [-0.15, -0.1) is 5.10 Å². The van der Waals surface area contributed by atoms with Crippen LogP contribution in [-0.4, -0.2) is 69.7 Å². The lowest BCUT2D eigenvalue weighted by molar-refractivity contribution is -0.129. The molecule has 0 bridgehead atoms. The number of nitrogens with zero attached hydrogens (tertiary/aromatic N) is 6. The molecule has 1 aliphatic heterocycles. The number of carbonyl (C=O) groups is 2. The third kappa shape index (κ3) is 4.09. The molecule has 0 saturated carbocycles. The Kier molecular flexibility index (Phi) is 6.03. The molecule has 5 aromatic rings. The summed E-state index contributed by atoms with van der Waals surface area (Å²) in [4.78, 5) is 42.5. The summed E-state index contributed by atoms with van der Waals surface area (Å²) in [7, 11) is 0. The van der Waals surface area contributed by atoms with Crippen LogP contribution in [0.4, 0.5) is 4.39 Å². The van der Waals surface area contributed by atoms with Gasteiger partial charge in [0, 0.05) is 37.1 Å². The predicted molar refractivity (Wildman–Crippen MR) is 137 cm³/mol. The summed E-state index contributed by atoms with van der Waals surface area (Å²) in [5, 5.41) is 19.6. The van der Waals surface area contributed by atoms with Crippen LogP contribution in [0.2, 0.25) is 0 Å².